The maximum absolute atomic E-state index is 5.51. The maximum Gasteiger partial charge on any atom is 0.214 e. The summed E-state index contributed by atoms with van der Waals surface area (Å²) in [5, 5.41) is 3.50. The Morgan fingerprint density at radius 1 is 1.12 bits per heavy atom. The Balaban J connectivity index is 0.00000225. The Bertz CT molecular complexity index is 379. The van der Waals surface area contributed by atoms with E-state index in [4.69, 9.17) is 17.2 Å². The van der Waals surface area contributed by atoms with E-state index in [1.165, 1.54) is 0 Å². The number of nitrogens with zero attached hydrogens (tertiary/aromatic N) is 2. The molecule has 0 atom stereocenters. The summed E-state index contributed by atoms with van der Waals surface area (Å²) in [6.07, 6.45) is 0. The molecule has 7 N–H and O–H groups in total. The fraction of sp³-hybridized carbons (Fsp3) is 0.111. The molecule has 16 heavy (non-hydrogen) atoms. The van der Waals surface area contributed by atoms with Gasteiger partial charge in [0.15, 0.2) is 0 Å². The minimum absolute atomic E-state index is 0. The number of rotatable bonds is 2. The normalized spacial score (nSPS) is 10.2. The van der Waals surface area contributed by atoms with Crippen LogP contribution >= 0.6 is 12.4 Å². The van der Waals surface area contributed by atoms with Crippen molar-refractivity contribution in [3.8, 4) is 0 Å². The molecule has 0 unspecified atom stereocenters. The first-order valence-electron chi connectivity index (χ1n) is 4.33. The van der Waals surface area contributed by atoms with E-state index in [0.717, 1.165) is 11.3 Å². The second kappa shape index (κ2) is 6.52. The van der Waals surface area contributed by atoms with Crippen LogP contribution in [-0.4, -0.2) is 11.9 Å². The molecular weight excluding hydrogens is 228 g/mol. The SMILES string of the molecule is Cc1ccc(N=C(N)NN=C(N)N)cc1.Cl. The van der Waals surface area contributed by atoms with Gasteiger partial charge in [0.05, 0.1) is 5.69 Å². The van der Waals surface area contributed by atoms with E-state index >= 15 is 0 Å². The van der Waals surface area contributed by atoms with Crippen LogP contribution in [0.4, 0.5) is 5.69 Å². The summed E-state index contributed by atoms with van der Waals surface area (Å²) in [4.78, 5) is 4.04. The van der Waals surface area contributed by atoms with Crippen LogP contribution in [0.1, 0.15) is 5.56 Å². The zero-order chi connectivity index (χ0) is 11.3. The van der Waals surface area contributed by atoms with Gasteiger partial charge in [0.1, 0.15) is 0 Å². The number of guanidine groups is 2. The van der Waals surface area contributed by atoms with Gasteiger partial charge in [0.2, 0.25) is 11.9 Å². The summed E-state index contributed by atoms with van der Waals surface area (Å²) in [6, 6.07) is 7.57. The third-order valence-corrected chi connectivity index (χ3v) is 1.58. The highest BCUT2D eigenvalue weighted by Gasteiger charge is 1.92. The highest BCUT2D eigenvalue weighted by Crippen LogP contribution is 2.11. The van der Waals surface area contributed by atoms with Gasteiger partial charge in [-0.2, -0.15) is 0 Å². The van der Waals surface area contributed by atoms with Crippen molar-refractivity contribution in [1.82, 2.24) is 5.43 Å². The second-order valence-electron chi connectivity index (χ2n) is 2.98. The van der Waals surface area contributed by atoms with Gasteiger partial charge in [-0.15, -0.1) is 17.5 Å². The Morgan fingerprint density at radius 2 is 1.69 bits per heavy atom. The highest BCUT2D eigenvalue weighted by molar-refractivity contribution is 5.85. The summed E-state index contributed by atoms with van der Waals surface area (Å²) in [6.45, 7) is 1.99. The molecule has 0 heterocycles. The molecule has 1 aromatic rings. The lowest BCUT2D eigenvalue weighted by atomic mass is 10.2. The minimum atomic E-state index is -0.0999. The second-order valence-corrected chi connectivity index (χ2v) is 2.98. The van der Waals surface area contributed by atoms with Crippen LogP contribution < -0.4 is 22.6 Å². The topological polar surface area (TPSA) is 115 Å². The smallest absolute Gasteiger partial charge is 0.214 e. The average Bonchev–Trinajstić information content (AvgIpc) is 2.19. The summed E-state index contributed by atoms with van der Waals surface area (Å²) >= 11 is 0. The highest BCUT2D eigenvalue weighted by atomic mass is 35.5. The molecule has 6 nitrogen and oxygen atoms in total. The molecule has 88 valence electrons. The predicted molar refractivity (Wildman–Crippen MR) is 68.7 cm³/mol. The Labute approximate surface area is 100 Å². The summed E-state index contributed by atoms with van der Waals surface area (Å²) < 4.78 is 0. The van der Waals surface area contributed by atoms with Crippen LogP contribution in [0.15, 0.2) is 34.4 Å². The van der Waals surface area contributed by atoms with E-state index in [-0.39, 0.29) is 24.3 Å². The van der Waals surface area contributed by atoms with Crippen LogP contribution in [0.25, 0.3) is 0 Å². The first kappa shape index (κ1) is 14.1. The van der Waals surface area contributed by atoms with Gasteiger partial charge >= 0.3 is 0 Å². The van der Waals surface area contributed by atoms with E-state index < -0.39 is 0 Å². The molecule has 1 rings (SSSR count). The van der Waals surface area contributed by atoms with Crippen LogP contribution in [0, 0.1) is 6.92 Å². The number of hydrogen-bond acceptors (Lipinski definition) is 2. The Hall–Kier alpha value is -1.95. The molecule has 0 radical (unpaired) electrons. The van der Waals surface area contributed by atoms with Crippen molar-refractivity contribution in [2.75, 3.05) is 0 Å². The molecule has 0 aromatic heterocycles. The molecule has 0 spiro atoms. The van der Waals surface area contributed by atoms with Crippen molar-refractivity contribution >= 4 is 30.0 Å². The van der Waals surface area contributed by atoms with Crippen molar-refractivity contribution in [1.29, 1.82) is 0 Å². The molecular formula is C9H15ClN6. The molecule has 7 heteroatoms. The third-order valence-electron chi connectivity index (χ3n) is 1.58. The number of hydrazone groups is 1. The number of hydrogen-bond donors (Lipinski definition) is 4. The van der Waals surface area contributed by atoms with Crippen LogP contribution in [0.5, 0.6) is 0 Å². The molecule has 0 saturated heterocycles. The Morgan fingerprint density at radius 3 is 2.19 bits per heavy atom. The van der Waals surface area contributed by atoms with E-state index in [9.17, 15) is 0 Å². The van der Waals surface area contributed by atoms with E-state index in [1.54, 1.807) is 0 Å². The molecule has 0 aliphatic rings. The van der Waals surface area contributed by atoms with Crippen molar-refractivity contribution in [3.63, 3.8) is 0 Å². The van der Waals surface area contributed by atoms with Gasteiger partial charge in [0.25, 0.3) is 0 Å². The lowest BCUT2D eigenvalue weighted by molar-refractivity contribution is 0.994. The average molecular weight is 243 g/mol. The predicted octanol–water partition coefficient (Wildman–Crippen LogP) is 0.141. The number of halogens is 1. The summed E-state index contributed by atoms with van der Waals surface area (Å²) in [5.74, 6) is 0.0318. The van der Waals surface area contributed by atoms with Crippen LogP contribution in [0.3, 0.4) is 0 Å². The van der Waals surface area contributed by atoms with E-state index in [0.29, 0.717) is 0 Å². The maximum atomic E-state index is 5.51. The van der Waals surface area contributed by atoms with Gasteiger partial charge in [-0.3, -0.25) is 0 Å². The molecule has 0 bridgehead atoms. The van der Waals surface area contributed by atoms with E-state index in [2.05, 4.69) is 15.5 Å². The van der Waals surface area contributed by atoms with Gasteiger partial charge < -0.3 is 17.2 Å². The number of benzene rings is 1. The summed E-state index contributed by atoms with van der Waals surface area (Å²) in [5.41, 5.74) is 20.0. The number of aryl methyl sites for hydroxylation is 1. The molecule has 0 saturated carbocycles. The molecule has 0 aliphatic heterocycles. The van der Waals surface area contributed by atoms with E-state index in [1.807, 2.05) is 31.2 Å². The lowest BCUT2D eigenvalue weighted by Gasteiger charge is -2.00. The fourth-order valence-electron chi connectivity index (χ4n) is 0.905. The standard InChI is InChI=1S/C9H14N6.ClH/c1-6-2-4-7(5-3-6)13-9(12)15-14-8(10)11;/h2-5H,1H3,(H4,10,11,14)(H3,12,13,15);1H. The Kier molecular flexibility index (Phi) is 5.72. The zero-order valence-corrected chi connectivity index (χ0v) is 9.66. The number of aliphatic imine (C=N–C) groups is 1. The van der Waals surface area contributed by atoms with Crippen LogP contribution in [-0.2, 0) is 0 Å². The van der Waals surface area contributed by atoms with Gasteiger partial charge in [-0.25, -0.2) is 10.4 Å². The molecule has 1 aromatic carbocycles. The van der Waals surface area contributed by atoms with Crippen molar-refractivity contribution in [2.45, 2.75) is 6.92 Å². The lowest BCUT2D eigenvalue weighted by Crippen LogP contribution is -2.32. The quantitative estimate of drug-likeness (QED) is 0.335. The molecule has 0 amide bonds. The van der Waals surface area contributed by atoms with Crippen molar-refractivity contribution < 1.29 is 0 Å². The van der Waals surface area contributed by atoms with Crippen molar-refractivity contribution in [3.05, 3.63) is 29.8 Å². The number of nitrogens with one attached hydrogen (secondary N) is 1. The molecule has 0 aliphatic carbocycles. The van der Waals surface area contributed by atoms with Crippen LogP contribution in [0.2, 0.25) is 0 Å². The third kappa shape index (κ3) is 5.06. The monoisotopic (exact) mass is 242 g/mol. The fourth-order valence-corrected chi connectivity index (χ4v) is 0.905. The summed E-state index contributed by atoms with van der Waals surface area (Å²) in [7, 11) is 0. The minimum Gasteiger partial charge on any atom is -0.369 e. The molecule has 0 fully saturated rings. The first-order chi connectivity index (χ1) is 7.08. The number of nitrogens with two attached hydrogens (primary N) is 3. The van der Waals surface area contributed by atoms with Gasteiger partial charge in [-0.05, 0) is 19.1 Å². The van der Waals surface area contributed by atoms with Gasteiger partial charge in [0, 0.05) is 0 Å². The largest absolute Gasteiger partial charge is 0.369 e. The first-order valence-corrected chi connectivity index (χ1v) is 4.33. The van der Waals surface area contributed by atoms with Gasteiger partial charge in [-0.1, -0.05) is 17.7 Å². The zero-order valence-electron chi connectivity index (χ0n) is 8.84. The van der Waals surface area contributed by atoms with Crippen molar-refractivity contribution in [2.24, 2.45) is 27.3 Å².